The van der Waals surface area contributed by atoms with Crippen molar-refractivity contribution >= 4 is 11.9 Å². The lowest BCUT2D eigenvalue weighted by Crippen LogP contribution is -2.45. The largest absolute Gasteiger partial charge is 0.481 e. The van der Waals surface area contributed by atoms with Gasteiger partial charge < -0.3 is 10.4 Å². The summed E-state index contributed by atoms with van der Waals surface area (Å²) in [7, 11) is 0. The van der Waals surface area contributed by atoms with E-state index in [1.54, 1.807) is 0 Å². The molecule has 0 aliphatic heterocycles. The van der Waals surface area contributed by atoms with Crippen molar-refractivity contribution in [2.75, 3.05) is 0 Å². The van der Waals surface area contributed by atoms with Gasteiger partial charge in [0.15, 0.2) is 0 Å². The fraction of sp³-hybridized carbons (Fsp3) is 0.875. The second kappa shape index (κ2) is 6.59. The molecule has 0 bridgehead atoms. The molecule has 0 saturated heterocycles. The van der Waals surface area contributed by atoms with Crippen LogP contribution in [0.3, 0.4) is 0 Å². The van der Waals surface area contributed by atoms with E-state index in [4.69, 9.17) is 5.11 Å². The SMILES string of the molecule is CC(C)(CCC(=O)O)NC(=O)CC1CCCCC1(C)C. The summed E-state index contributed by atoms with van der Waals surface area (Å²) >= 11 is 0. The standard InChI is InChI=1S/C16H29NO3/c1-15(2)9-6-5-7-12(15)11-13(18)17-16(3,4)10-8-14(19)20/h12H,5-11H2,1-4H3,(H,17,18)(H,19,20). The van der Waals surface area contributed by atoms with E-state index in [2.05, 4.69) is 19.2 Å². The third kappa shape index (κ3) is 5.51. The van der Waals surface area contributed by atoms with Crippen molar-refractivity contribution in [3.05, 3.63) is 0 Å². The molecule has 2 N–H and O–H groups in total. The van der Waals surface area contributed by atoms with Gasteiger partial charge in [-0.1, -0.05) is 26.7 Å². The van der Waals surface area contributed by atoms with E-state index in [0.29, 0.717) is 18.8 Å². The van der Waals surface area contributed by atoms with Crippen LogP contribution in [0.2, 0.25) is 0 Å². The Kier molecular flexibility index (Phi) is 5.60. The predicted molar refractivity (Wildman–Crippen MR) is 79.4 cm³/mol. The van der Waals surface area contributed by atoms with Gasteiger partial charge in [-0.2, -0.15) is 0 Å². The van der Waals surface area contributed by atoms with Crippen molar-refractivity contribution in [2.45, 2.75) is 78.2 Å². The highest BCUT2D eigenvalue weighted by Gasteiger charge is 2.34. The first kappa shape index (κ1) is 17.0. The number of nitrogens with one attached hydrogen (secondary N) is 1. The van der Waals surface area contributed by atoms with Crippen LogP contribution in [0.25, 0.3) is 0 Å². The van der Waals surface area contributed by atoms with Crippen molar-refractivity contribution in [1.82, 2.24) is 5.32 Å². The molecule has 1 atom stereocenters. The molecule has 116 valence electrons. The highest BCUT2D eigenvalue weighted by molar-refractivity contribution is 5.77. The van der Waals surface area contributed by atoms with E-state index in [-0.39, 0.29) is 17.7 Å². The van der Waals surface area contributed by atoms with Crippen LogP contribution in [0, 0.1) is 11.3 Å². The lowest BCUT2D eigenvalue weighted by Gasteiger charge is -2.39. The number of carbonyl (C=O) groups is 2. The molecule has 1 unspecified atom stereocenters. The van der Waals surface area contributed by atoms with Crippen molar-refractivity contribution in [3.8, 4) is 0 Å². The molecule has 1 fully saturated rings. The fourth-order valence-electron chi connectivity index (χ4n) is 3.08. The molecule has 1 aliphatic rings. The third-order valence-corrected chi connectivity index (χ3v) is 4.60. The molecule has 0 aromatic rings. The van der Waals surface area contributed by atoms with Crippen LogP contribution >= 0.6 is 0 Å². The molecule has 4 nitrogen and oxygen atoms in total. The number of hydrogen-bond donors (Lipinski definition) is 2. The van der Waals surface area contributed by atoms with Crippen molar-refractivity contribution in [1.29, 1.82) is 0 Å². The zero-order chi connectivity index (χ0) is 15.4. The van der Waals surface area contributed by atoms with Gasteiger partial charge in [-0.25, -0.2) is 0 Å². The van der Waals surface area contributed by atoms with Crippen LogP contribution in [0.15, 0.2) is 0 Å². The smallest absolute Gasteiger partial charge is 0.303 e. The van der Waals surface area contributed by atoms with Crippen LogP contribution in [-0.2, 0) is 9.59 Å². The highest BCUT2D eigenvalue weighted by atomic mass is 16.4. The molecule has 0 spiro atoms. The van der Waals surface area contributed by atoms with Crippen LogP contribution < -0.4 is 5.32 Å². The summed E-state index contributed by atoms with van der Waals surface area (Å²) in [4.78, 5) is 22.8. The Morgan fingerprint density at radius 1 is 1.30 bits per heavy atom. The summed E-state index contributed by atoms with van der Waals surface area (Å²) in [5, 5.41) is 11.7. The molecule has 0 aromatic heterocycles. The number of hydrogen-bond acceptors (Lipinski definition) is 2. The van der Waals surface area contributed by atoms with Gasteiger partial charge in [0.25, 0.3) is 0 Å². The average Bonchev–Trinajstić information content (AvgIpc) is 2.29. The van der Waals surface area contributed by atoms with E-state index >= 15 is 0 Å². The maximum Gasteiger partial charge on any atom is 0.303 e. The minimum Gasteiger partial charge on any atom is -0.481 e. The lowest BCUT2D eigenvalue weighted by molar-refractivity contribution is -0.138. The number of carboxylic acids is 1. The summed E-state index contributed by atoms with van der Waals surface area (Å²) in [6, 6.07) is 0. The maximum absolute atomic E-state index is 12.2. The predicted octanol–water partition coefficient (Wildman–Crippen LogP) is 3.35. The molecule has 0 radical (unpaired) electrons. The summed E-state index contributed by atoms with van der Waals surface area (Å²) in [5.74, 6) is -0.326. The van der Waals surface area contributed by atoms with Gasteiger partial charge in [0, 0.05) is 18.4 Å². The quantitative estimate of drug-likeness (QED) is 0.785. The monoisotopic (exact) mass is 283 g/mol. The molecular weight excluding hydrogens is 254 g/mol. The van der Waals surface area contributed by atoms with Crippen LogP contribution in [0.5, 0.6) is 0 Å². The Morgan fingerprint density at radius 2 is 1.95 bits per heavy atom. The first-order chi connectivity index (χ1) is 9.12. The molecule has 20 heavy (non-hydrogen) atoms. The van der Waals surface area contributed by atoms with Crippen molar-refractivity contribution in [3.63, 3.8) is 0 Å². The molecule has 1 amide bonds. The Bertz CT molecular complexity index is 361. The number of carbonyl (C=O) groups excluding carboxylic acids is 1. The highest BCUT2D eigenvalue weighted by Crippen LogP contribution is 2.42. The number of carboxylic acid groups (broad SMARTS) is 1. The van der Waals surface area contributed by atoms with Gasteiger partial charge in [-0.15, -0.1) is 0 Å². The van der Waals surface area contributed by atoms with Crippen LogP contribution in [0.4, 0.5) is 0 Å². The topological polar surface area (TPSA) is 66.4 Å². The zero-order valence-electron chi connectivity index (χ0n) is 13.3. The lowest BCUT2D eigenvalue weighted by atomic mass is 9.67. The summed E-state index contributed by atoms with van der Waals surface area (Å²) < 4.78 is 0. The van der Waals surface area contributed by atoms with Crippen molar-refractivity contribution in [2.24, 2.45) is 11.3 Å². The number of amides is 1. The van der Waals surface area contributed by atoms with Gasteiger partial charge in [0.1, 0.15) is 0 Å². The molecule has 1 saturated carbocycles. The number of rotatable bonds is 6. The maximum atomic E-state index is 12.2. The van der Waals surface area contributed by atoms with E-state index in [9.17, 15) is 9.59 Å². The van der Waals surface area contributed by atoms with Crippen LogP contribution in [-0.4, -0.2) is 22.5 Å². The Hall–Kier alpha value is -1.06. The normalized spacial score (nSPS) is 22.3. The minimum absolute atomic E-state index is 0.0559. The molecule has 1 aliphatic carbocycles. The van der Waals surface area contributed by atoms with Crippen molar-refractivity contribution < 1.29 is 14.7 Å². The molecule has 1 rings (SSSR count). The average molecular weight is 283 g/mol. The summed E-state index contributed by atoms with van der Waals surface area (Å²) in [5.41, 5.74) is -0.213. The Labute approximate surface area is 122 Å². The van der Waals surface area contributed by atoms with Gasteiger partial charge in [0.05, 0.1) is 0 Å². The van der Waals surface area contributed by atoms with Gasteiger partial charge in [0.2, 0.25) is 5.91 Å². The summed E-state index contributed by atoms with van der Waals surface area (Å²) in [6.07, 6.45) is 5.89. The second-order valence-electron chi connectivity index (χ2n) is 7.46. The van der Waals surface area contributed by atoms with Gasteiger partial charge in [-0.05, 0) is 44.4 Å². The molecular formula is C16H29NO3. The van der Waals surface area contributed by atoms with E-state index in [1.165, 1.54) is 19.3 Å². The number of aliphatic carboxylic acids is 1. The molecule has 4 heteroatoms. The first-order valence-corrected chi connectivity index (χ1v) is 7.65. The third-order valence-electron chi connectivity index (χ3n) is 4.60. The van der Waals surface area contributed by atoms with E-state index < -0.39 is 11.5 Å². The fourth-order valence-corrected chi connectivity index (χ4v) is 3.08. The zero-order valence-corrected chi connectivity index (χ0v) is 13.3. The van der Waals surface area contributed by atoms with Gasteiger partial charge in [-0.3, -0.25) is 9.59 Å². The Morgan fingerprint density at radius 3 is 2.50 bits per heavy atom. The molecule has 0 heterocycles. The Balaban J connectivity index is 2.48. The minimum atomic E-state index is -0.819. The first-order valence-electron chi connectivity index (χ1n) is 7.65. The summed E-state index contributed by atoms with van der Waals surface area (Å²) in [6.45, 7) is 8.28. The second-order valence-corrected chi connectivity index (χ2v) is 7.46. The van der Waals surface area contributed by atoms with Crippen LogP contribution in [0.1, 0.15) is 72.6 Å². The van der Waals surface area contributed by atoms with E-state index in [1.807, 2.05) is 13.8 Å². The van der Waals surface area contributed by atoms with Gasteiger partial charge >= 0.3 is 5.97 Å². The van der Waals surface area contributed by atoms with E-state index in [0.717, 1.165) is 6.42 Å². The molecule has 0 aromatic carbocycles.